The first kappa shape index (κ1) is 14.1. The fraction of sp³-hybridized carbons (Fsp3) is 0.714. The van der Waals surface area contributed by atoms with Crippen LogP contribution in [0.2, 0.25) is 0 Å². The van der Waals surface area contributed by atoms with Crippen molar-refractivity contribution in [2.45, 2.75) is 33.1 Å². The van der Waals surface area contributed by atoms with Gasteiger partial charge in [-0.05, 0) is 32.9 Å². The minimum absolute atomic E-state index is 0.682. The normalized spacial score (nSPS) is 15.7. The van der Waals surface area contributed by atoms with Crippen LogP contribution in [0.5, 0.6) is 5.88 Å². The number of aromatic nitrogens is 2. The number of hydrogen-bond donors (Lipinski definition) is 1. The van der Waals surface area contributed by atoms with Crippen molar-refractivity contribution in [1.82, 2.24) is 14.9 Å². The highest BCUT2D eigenvalue weighted by molar-refractivity contribution is 5.38. The van der Waals surface area contributed by atoms with Crippen molar-refractivity contribution in [3.8, 4) is 5.88 Å². The van der Waals surface area contributed by atoms with E-state index in [1.807, 2.05) is 6.07 Å². The molecule has 1 aromatic rings. The van der Waals surface area contributed by atoms with Crippen molar-refractivity contribution in [3.05, 3.63) is 11.9 Å². The van der Waals surface area contributed by atoms with E-state index in [9.17, 15) is 0 Å². The molecule has 1 aliphatic rings. The number of nitrogens with zero attached hydrogens (tertiary/aromatic N) is 3. The van der Waals surface area contributed by atoms with E-state index in [4.69, 9.17) is 4.74 Å². The fourth-order valence-electron chi connectivity index (χ4n) is 2.26. The van der Waals surface area contributed by atoms with Crippen molar-refractivity contribution in [1.29, 1.82) is 0 Å². The molecule has 5 nitrogen and oxygen atoms in total. The summed E-state index contributed by atoms with van der Waals surface area (Å²) in [5, 5.41) is 3.21. The lowest BCUT2D eigenvalue weighted by atomic mass is 10.4. The molecule has 106 valence electrons. The van der Waals surface area contributed by atoms with Gasteiger partial charge in [0.25, 0.3) is 0 Å². The molecule has 1 aliphatic heterocycles. The van der Waals surface area contributed by atoms with Crippen molar-refractivity contribution < 1.29 is 4.74 Å². The first-order chi connectivity index (χ1) is 9.31. The van der Waals surface area contributed by atoms with Gasteiger partial charge in [-0.25, -0.2) is 4.98 Å². The maximum Gasteiger partial charge on any atom is 0.218 e. The molecular formula is C14H24N4O. The van der Waals surface area contributed by atoms with Gasteiger partial charge in [-0.3, -0.25) is 4.90 Å². The Hall–Kier alpha value is -1.36. The molecule has 0 spiro atoms. The third kappa shape index (κ3) is 4.35. The van der Waals surface area contributed by atoms with E-state index in [0.717, 1.165) is 31.2 Å². The molecular weight excluding hydrogens is 240 g/mol. The number of nitrogens with one attached hydrogen (secondary N) is 1. The maximum atomic E-state index is 5.76. The average molecular weight is 264 g/mol. The topological polar surface area (TPSA) is 50.3 Å². The Bertz CT molecular complexity index is 391. The van der Waals surface area contributed by atoms with Crippen LogP contribution in [0.3, 0.4) is 0 Å². The van der Waals surface area contributed by atoms with Gasteiger partial charge >= 0.3 is 0 Å². The molecule has 0 unspecified atom stereocenters. The maximum absolute atomic E-state index is 5.76. The van der Waals surface area contributed by atoms with Gasteiger partial charge in [0.05, 0.1) is 0 Å². The van der Waals surface area contributed by atoms with Gasteiger partial charge in [0.15, 0.2) is 0 Å². The van der Waals surface area contributed by atoms with Gasteiger partial charge in [-0.1, -0.05) is 6.92 Å². The van der Waals surface area contributed by atoms with Crippen molar-refractivity contribution in [3.63, 3.8) is 0 Å². The molecule has 1 N–H and O–H groups in total. The second-order valence-electron chi connectivity index (χ2n) is 4.79. The van der Waals surface area contributed by atoms with E-state index < -0.39 is 0 Å². The zero-order valence-corrected chi connectivity index (χ0v) is 12.0. The van der Waals surface area contributed by atoms with Crippen LogP contribution in [0.15, 0.2) is 6.07 Å². The van der Waals surface area contributed by atoms with E-state index in [1.54, 1.807) is 0 Å². The predicted octanol–water partition coefficient (Wildman–Crippen LogP) is 1.95. The quantitative estimate of drug-likeness (QED) is 0.815. The molecule has 0 aliphatic carbocycles. The summed E-state index contributed by atoms with van der Waals surface area (Å²) in [6.45, 7) is 9.06. The molecule has 0 bridgehead atoms. The number of aryl methyl sites for hydroxylation is 1. The molecule has 0 amide bonds. The van der Waals surface area contributed by atoms with Gasteiger partial charge in [0.1, 0.15) is 18.2 Å². The number of anilines is 1. The highest BCUT2D eigenvalue weighted by Gasteiger charge is 2.11. The zero-order chi connectivity index (χ0) is 13.5. The second-order valence-corrected chi connectivity index (χ2v) is 4.79. The fourth-order valence-corrected chi connectivity index (χ4v) is 2.26. The van der Waals surface area contributed by atoms with E-state index >= 15 is 0 Å². The lowest BCUT2D eigenvalue weighted by Gasteiger charge is -2.15. The summed E-state index contributed by atoms with van der Waals surface area (Å²) < 4.78 is 5.76. The Morgan fingerprint density at radius 1 is 1.26 bits per heavy atom. The number of likely N-dealkylation sites (tertiary alicyclic amines) is 1. The summed E-state index contributed by atoms with van der Waals surface area (Å²) in [7, 11) is 0. The van der Waals surface area contributed by atoms with Crippen LogP contribution in [0.25, 0.3) is 0 Å². The number of ether oxygens (including phenoxy) is 1. The number of rotatable bonds is 7. The Labute approximate surface area is 115 Å². The van der Waals surface area contributed by atoms with E-state index in [2.05, 4.69) is 34.0 Å². The van der Waals surface area contributed by atoms with Gasteiger partial charge in [-0.2, -0.15) is 4.98 Å². The molecule has 0 radical (unpaired) electrons. The van der Waals surface area contributed by atoms with Crippen molar-refractivity contribution >= 4 is 5.82 Å². The van der Waals surface area contributed by atoms with E-state index in [1.165, 1.54) is 25.9 Å². The van der Waals surface area contributed by atoms with Crippen molar-refractivity contribution in [2.24, 2.45) is 0 Å². The minimum Gasteiger partial charge on any atom is -0.476 e. The minimum atomic E-state index is 0.682. The summed E-state index contributed by atoms with van der Waals surface area (Å²) in [6, 6.07) is 1.88. The summed E-state index contributed by atoms with van der Waals surface area (Å²) in [4.78, 5) is 11.3. The Morgan fingerprint density at radius 3 is 2.74 bits per heavy atom. The van der Waals surface area contributed by atoms with Gasteiger partial charge in [0.2, 0.25) is 5.88 Å². The highest BCUT2D eigenvalue weighted by Crippen LogP contribution is 2.14. The first-order valence-corrected chi connectivity index (χ1v) is 7.28. The SMILES string of the molecule is CCNc1cc(OCCN2CCCC2)nc(CC)n1. The van der Waals surface area contributed by atoms with Gasteiger partial charge in [-0.15, -0.1) is 0 Å². The largest absolute Gasteiger partial charge is 0.476 e. The second kappa shape index (κ2) is 7.28. The summed E-state index contributed by atoms with van der Waals surface area (Å²) in [6.07, 6.45) is 3.46. The Morgan fingerprint density at radius 2 is 2.05 bits per heavy atom. The highest BCUT2D eigenvalue weighted by atomic mass is 16.5. The number of hydrogen-bond acceptors (Lipinski definition) is 5. The third-order valence-electron chi connectivity index (χ3n) is 3.28. The zero-order valence-electron chi connectivity index (χ0n) is 12.0. The summed E-state index contributed by atoms with van der Waals surface area (Å²) in [5.41, 5.74) is 0. The smallest absolute Gasteiger partial charge is 0.218 e. The lowest BCUT2D eigenvalue weighted by molar-refractivity contribution is 0.231. The van der Waals surface area contributed by atoms with Gasteiger partial charge < -0.3 is 10.1 Å². The van der Waals surface area contributed by atoms with Crippen LogP contribution >= 0.6 is 0 Å². The first-order valence-electron chi connectivity index (χ1n) is 7.28. The van der Waals surface area contributed by atoms with Crippen LogP contribution in [-0.2, 0) is 6.42 Å². The molecule has 19 heavy (non-hydrogen) atoms. The molecule has 0 aromatic carbocycles. The average Bonchev–Trinajstić information content (AvgIpc) is 2.92. The van der Waals surface area contributed by atoms with Gasteiger partial charge in [0, 0.05) is 25.6 Å². The van der Waals surface area contributed by atoms with Crippen LogP contribution in [0, 0.1) is 0 Å². The molecule has 1 fully saturated rings. The van der Waals surface area contributed by atoms with Crippen LogP contribution in [0.4, 0.5) is 5.82 Å². The Balaban J connectivity index is 1.88. The molecule has 5 heteroatoms. The van der Waals surface area contributed by atoms with Crippen LogP contribution in [-0.4, -0.2) is 47.7 Å². The molecule has 1 saturated heterocycles. The van der Waals surface area contributed by atoms with E-state index in [0.29, 0.717) is 12.5 Å². The van der Waals surface area contributed by atoms with Crippen LogP contribution in [0.1, 0.15) is 32.5 Å². The summed E-state index contributed by atoms with van der Waals surface area (Å²) >= 11 is 0. The molecule has 2 rings (SSSR count). The molecule has 1 aromatic heterocycles. The predicted molar refractivity (Wildman–Crippen MR) is 76.7 cm³/mol. The Kier molecular flexibility index (Phi) is 5.39. The van der Waals surface area contributed by atoms with Crippen molar-refractivity contribution in [2.75, 3.05) is 38.1 Å². The lowest BCUT2D eigenvalue weighted by Crippen LogP contribution is -2.25. The standard InChI is InChI=1S/C14H24N4O/c1-3-12-16-13(15-4-2)11-14(17-12)19-10-9-18-7-5-6-8-18/h11H,3-10H2,1-2H3,(H,15,16,17). The molecule has 0 saturated carbocycles. The third-order valence-corrected chi connectivity index (χ3v) is 3.28. The monoisotopic (exact) mass is 264 g/mol. The molecule has 2 heterocycles. The van der Waals surface area contributed by atoms with Crippen LogP contribution < -0.4 is 10.1 Å². The van der Waals surface area contributed by atoms with E-state index in [-0.39, 0.29) is 0 Å². The molecule has 0 atom stereocenters. The summed E-state index contributed by atoms with van der Waals surface area (Å²) in [5.74, 6) is 2.36.